The van der Waals surface area contributed by atoms with Crippen molar-refractivity contribution in [2.24, 2.45) is 4.99 Å². The van der Waals surface area contributed by atoms with Gasteiger partial charge in [-0.25, -0.2) is 0 Å². The molecule has 0 saturated carbocycles. The fourth-order valence-electron chi connectivity index (χ4n) is 1.87. The van der Waals surface area contributed by atoms with Crippen LogP contribution in [0.4, 0.5) is 0 Å². The third-order valence-electron chi connectivity index (χ3n) is 2.83. The quantitative estimate of drug-likeness (QED) is 0.631. The number of guanidine groups is 1. The van der Waals surface area contributed by atoms with Crippen molar-refractivity contribution in [2.45, 2.75) is 20.3 Å². The summed E-state index contributed by atoms with van der Waals surface area (Å²) in [6.07, 6.45) is 0.591. The zero-order valence-corrected chi connectivity index (χ0v) is 13.5. The monoisotopic (exact) mass is 321 g/mol. The average molecular weight is 322 g/mol. The summed E-state index contributed by atoms with van der Waals surface area (Å²) in [7, 11) is 0. The Morgan fingerprint density at radius 3 is 2.73 bits per heavy atom. The van der Waals surface area contributed by atoms with Gasteiger partial charge in [0.05, 0.1) is 6.54 Å². The highest BCUT2D eigenvalue weighted by Gasteiger charge is 2.08. The van der Waals surface area contributed by atoms with Gasteiger partial charge in [0.15, 0.2) is 5.96 Å². The van der Waals surface area contributed by atoms with Crippen LogP contribution in [-0.2, 0) is 6.42 Å². The van der Waals surface area contributed by atoms with Gasteiger partial charge in [0, 0.05) is 30.1 Å². The molecule has 0 atom stereocenters. The zero-order chi connectivity index (χ0) is 15.8. The van der Waals surface area contributed by atoms with Gasteiger partial charge in [0.2, 0.25) is 11.7 Å². The van der Waals surface area contributed by atoms with Crippen LogP contribution in [0.15, 0.2) is 33.8 Å². The van der Waals surface area contributed by atoms with E-state index in [0.717, 1.165) is 24.6 Å². The van der Waals surface area contributed by atoms with Crippen molar-refractivity contribution < 1.29 is 4.52 Å². The molecule has 0 amide bonds. The van der Waals surface area contributed by atoms with Crippen molar-refractivity contribution in [2.75, 3.05) is 19.6 Å². The number of halogens is 1. The van der Waals surface area contributed by atoms with Crippen LogP contribution < -0.4 is 10.6 Å². The molecular weight excluding hydrogens is 302 g/mol. The molecule has 0 fully saturated rings. The number of aliphatic imine (C=N–C) groups is 1. The number of benzene rings is 1. The first-order chi connectivity index (χ1) is 10.7. The van der Waals surface area contributed by atoms with Crippen LogP contribution in [0.3, 0.4) is 0 Å². The van der Waals surface area contributed by atoms with E-state index in [-0.39, 0.29) is 0 Å². The summed E-state index contributed by atoms with van der Waals surface area (Å²) >= 11 is 5.96. The standard InChI is InChI=1S/C15H20ClN5O/c1-3-17-15(18-4-2)19-9-8-13-20-14(21-22-13)11-6-5-7-12(16)10-11/h5-7,10H,3-4,8-9H2,1-2H3,(H2,17,18,19). The van der Waals surface area contributed by atoms with Crippen molar-refractivity contribution in [3.05, 3.63) is 35.2 Å². The first-order valence-corrected chi connectivity index (χ1v) is 7.71. The molecular formula is C15H20ClN5O. The largest absolute Gasteiger partial charge is 0.357 e. The van der Waals surface area contributed by atoms with Gasteiger partial charge in [-0.3, -0.25) is 4.99 Å². The van der Waals surface area contributed by atoms with E-state index in [1.165, 1.54) is 0 Å². The van der Waals surface area contributed by atoms with Gasteiger partial charge in [-0.2, -0.15) is 4.98 Å². The predicted molar refractivity (Wildman–Crippen MR) is 88.1 cm³/mol. The van der Waals surface area contributed by atoms with Gasteiger partial charge in [-0.05, 0) is 26.0 Å². The van der Waals surface area contributed by atoms with Gasteiger partial charge in [0.1, 0.15) is 0 Å². The van der Waals surface area contributed by atoms with Gasteiger partial charge in [-0.1, -0.05) is 28.9 Å². The maximum Gasteiger partial charge on any atom is 0.228 e. The maximum absolute atomic E-state index is 5.96. The Balaban J connectivity index is 1.96. The van der Waals surface area contributed by atoms with E-state index in [2.05, 4.69) is 25.8 Å². The van der Waals surface area contributed by atoms with Crippen molar-refractivity contribution in [1.29, 1.82) is 0 Å². The molecule has 2 rings (SSSR count). The highest BCUT2D eigenvalue weighted by Crippen LogP contribution is 2.19. The fourth-order valence-corrected chi connectivity index (χ4v) is 2.06. The highest BCUT2D eigenvalue weighted by molar-refractivity contribution is 6.30. The molecule has 7 heteroatoms. The van der Waals surface area contributed by atoms with Crippen LogP contribution in [0.2, 0.25) is 5.02 Å². The van der Waals surface area contributed by atoms with Gasteiger partial charge in [0.25, 0.3) is 0 Å². The molecule has 6 nitrogen and oxygen atoms in total. The van der Waals surface area contributed by atoms with E-state index in [0.29, 0.717) is 29.7 Å². The van der Waals surface area contributed by atoms with Crippen molar-refractivity contribution >= 4 is 17.6 Å². The Bertz CT molecular complexity index is 618. The second-order valence-corrected chi connectivity index (χ2v) is 5.00. The molecule has 0 aliphatic carbocycles. The minimum absolute atomic E-state index is 0.542. The molecule has 0 unspecified atom stereocenters. The predicted octanol–water partition coefficient (Wildman–Crippen LogP) is 2.51. The normalized spacial score (nSPS) is 10.3. The molecule has 0 aliphatic rings. The SMILES string of the molecule is CCNC(=NCCc1nc(-c2cccc(Cl)c2)no1)NCC. The number of aromatic nitrogens is 2. The van der Waals surface area contributed by atoms with Gasteiger partial charge < -0.3 is 15.2 Å². The summed E-state index contributed by atoms with van der Waals surface area (Å²) in [6, 6.07) is 7.37. The molecule has 118 valence electrons. The van der Waals surface area contributed by atoms with E-state index in [1.807, 2.05) is 38.1 Å². The van der Waals surface area contributed by atoms with Crippen molar-refractivity contribution in [3.8, 4) is 11.4 Å². The number of hydrogen-bond donors (Lipinski definition) is 2. The van der Waals surface area contributed by atoms with E-state index in [9.17, 15) is 0 Å². The summed E-state index contributed by atoms with van der Waals surface area (Å²) in [5, 5.41) is 11.0. The van der Waals surface area contributed by atoms with Crippen molar-refractivity contribution in [1.82, 2.24) is 20.8 Å². The molecule has 1 aromatic heterocycles. The minimum atomic E-state index is 0.542. The van der Waals surface area contributed by atoms with Crippen LogP contribution in [0, 0.1) is 0 Å². The molecule has 2 N–H and O–H groups in total. The number of rotatable bonds is 6. The third-order valence-corrected chi connectivity index (χ3v) is 3.07. The fraction of sp³-hybridized carbons (Fsp3) is 0.400. The second-order valence-electron chi connectivity index (χ2n) is 4.56. The summed E-state index contributed by atoms with van der Waals surface area (Å²) in [4.78, 5) is 8.80. The zero-order valence-electron chi connectivity index (χ0n) is 12.8. The Morgan fingerprint density at radius 2 is 2.05 bits per heavy atom. The van der Waals surface area contributed by atoms with E-state index in [1.54, 1.807) is 0 Å². The lowest BCUT2D eigenvalue weighted by Crippen LogP contribution is -2.37. The Hall–Kier alpha value is -2.08. The van der Waals surface area contributed by atoms with Gasteiger partial charge in [-0.15, -0.1) is 0 Å². The van der Waals surface area contributed by atoms with Crippen LogP contribution in [0.1, 0.15) is 19.7 Å². The van der Waals surface area contributed by atoms with Crippen LogP contribution >= 0.6 is 11.6 Å². The Morgan fingerprint density at radius 1 is 1.27 bits per heavy atom. The van der Waals surface area contributed by atoms with Crippen LogP contribution in [-0.4, -0.2) is 35.7 Å². The number of hydrogen-bond acceptors (Lipinski definition) is 4. The molecule has 0 aliphatic heterocycles. The third kappa shape index (κ3) is 4.73. The Labute approximate surface area is 135 Å². The first kappa shape index (κ1) is 16.3. The lowest BCUT2D eigenvalue weighted by atomic mass is 10.2. The van der Waals surface area contributed by atoms with Crippen LogP contribution in [0.5, 0.6) is 0 Å². The van der Waals surface area contributed by atoms with E-state index in [4.69, 9.17) is 16.1 Å². The lowest BCUT2D eigenvalue weighted by Gasteiger charge is -2.08. The van der Waals surface area contributed by atoms with Crippen LogP contribution in [0.25, 0.3) is 11.4 Å². The molecule has 0 radical (unpaired) electrons. The topological polar surface area (TPSA) is 75.3 Å². The summed E-state index contributed by atoms with van der Waals surface area (Å²) in [5.41, 5.74) is 0.840. The number of nitrogens with zero attached hydrogens (tertiary/aromatic N) is 3. The molecule has 22 heavy (non-hydrogen) atoms. The summed E-state index contributed by atoms with van der Waals surface area (Å²) in [5.74, 6) is 1.89. The maximum atomic E-state index is 5.96. The minimum Gasteiger partial charge on any atom is -0.357 e. The molecule has 0 saturated heterocycles. The smallest absolute Gasteiger partial charge is 0.228 e. The Kier molecular flexibility index (Phi) is 6.21. The summed E-state index contributed by atoms with van der Waals surface area (Å²) in [6.45, 7) is 6.29. The molecule has 0 spiro atoms. The molecule has 2 aromatic rings. The average Bonchev–Trinajstić information content (AvgIpc) is 2.97. The van der Waals surface area contributed by atoms with Crippen molar-refractivity contribution in [3.63, 3.8) is 0 Å². The lowest BCUT2D eigenvalue weighted by molar-refractivity contribution is 0.380. The molecule has 1 aromatic carbocycles. The van der Waals surface area contributed by atoms with E-state index < -0.39 is 0 Å². The number of nitrogens with one attached hydrogen (secondary N) is 2. The van der Waals surface area contributed by atoms with Gasteiger partial charge >= 0.3 is 0 Å². The molecule has 0 bridgehead atoms. The molecule has 1 heterocycles. The second kappa shape index (κ2) is 8.38. The van der Waals surface area contributed by atoms with E-state index >= 15 is 0 Å². The highest BCUT2D eigenvalue weighted by atomic mass is 35.5. The summed E-state index contributed by atoms with van der Waals surface area (Å²) < 4.78 is 5.25. The first-order valence-electron chi connectivity index (χ1n) is 7.33.